The Bertz CT molecular complexity index is 1000. The van der Waals surface area contributed by atoms with Gasteiger partial charge in [0, 0.05) is 13.1 Å². The number of benzene rings is 2. The van der Waals surface area contributed by atoms with E-state index in [4.69, 9.17) is 9.47 Å². The van der Waals surface area contributed by atoms with Crippen molar-refractivity contribution in [1.29, 1.82) is 0 Å². The molecule has 1 amide bonds. The summed E-state index contributed by atoms with van der Waals surface area (Å²) in [6, 6.07) is 12.2. The summed E-state index contributed by atoms with van der Waals surface area (Å²) < 4.78 is 37.0. The largest absolute Gasteiger partial charge is 0.497 e. The normalized spacial score (nSPS) is 13.4. The molecule has 0 aliphatic heterocycles. The molecular weight excluding hydrogens is 396 g/mol. The number of carbonyl (C=O) groups excluding carboxylic acids is 2. The van der Waals surface area contributed by atoms with E-state index in [9.17, 15) is 18.0 Å². The van der Waals surface area contributed by atoms with Crippen molar-refractivity contribution in [3.8, 4) is 5.75 Å². The fraction of sp³-hybridized carbons (Fsp3) is 0.300. The van der Waals surface area contributed by atoms with E-state index in [0.717, 1.165) is 17.1 Å². The first-order valence-corrected chi connectivity index (χ1v) is 10.4. The molecule has 154 valence electrons. The van der Waals surface area contributed by atoms with E-state index in [2.05, 4.69) is 5.32 Å². The third-order valence-corrected chi connectivity index (χ3v) is 6.22. The first kappa shape index (κ1) is 20.7. The number of carbonyl (C=O) groups is 2. The molecule has 0 saturated heterocycles. The van der Waals surface area contributed by atoms with Crippen molar-refractivity contribution in [2.24, 2.45) is 0 Å². The second-order valence-corrected chi connectivity index (χ2v) is 8.59. The van der Waals surface area contributed by atoms with Gasteiger partial charge in [0.15, 0.2) is 6.61 Å². The van der Waals surface area contributed by atoms with Gasteiger partial charge in [-0.1, -0.05) is 6.07 Å². The summed E-state index contributed by atoms with van der Waals surface area (Å²) in [5.74, 6) is -0.529. The Morgan fingerprint density at radius 2 is 1.83 bits per heavy atom. The number of methoxy groups -OCH3 is 1. The highest BCUT2D eigenvalue weighted by Crippen LogP contribution is 2.25. The van der Waals surface area contributed by atoms with Gasteiger partial charge in [-0.15, -0.1) is 0 Å². The number of ether oxygens (including phenoxy) is 2. The molecule has 0 aromatic heterocycles. The standard InChI is InChI=1S/C20H22N2O6S/c1-22(16-8-10-17(27-2)11-9-16)29(25,26)18-5-3-4-14(12-18)20(24)28-13-19(23)21-15-6-7-15/h3-5,8-12,15H,6-7,13H2,1-2H3,(H,21,23). The van der Waals surface area contributed by atoms with Crippen LogP contribution in [0.2, 0.25) is 0 Å². The molecule has 0 unspecified atom stereocenters. The van der Waals surface area contributed by atoms with Crippen LogP contribution in [0.25, 0.3) is 0 Å². The Morgan fingerprint density at radius 1 is 1.14 bits per heavy atom. The lowest BCUT2D eigenvalue weighted by Crippen LogP contribution is -2.30. The molecule has 1 aliphatic carbocycles. The van der Waals surface area contributed by atoms with E-state index in [1.54, 1.807) is 24.3 Å². The lowest BCUT2D eigenvalue weighted by atomic mass is 10.2. The van der Waals surface area contributed by atoms with Crippen LogP contribution in [0.5, 0.6) is 5.75 Å². The molecule has 0 spiro atoms. The van der Waals surface area contributed by atoms with Gasteiger partial charge in [0.1, 0.15) is 5.75 Å². The second kappa shape index (κ2) is 8.52. The maximum Gasteiger partial charge on any atom is 0.338 e. The van der Waals surface area contributed by atoms with Gasteiger partial charge in [-0.2, -0.15) is 0 Å². The third kappa shape index (κ3) is 5.05. The quantitative estimate of drug-likeness (QED) is 0.658. The van der Waals surface area contributed by atoms with Crippen molar-refractivity contribution >= 4 is 27.6 Å². The van der Waals surface area contributed by atoms with Crippen molar-refractivity contribution in [3.63, 3.8) is 0 Å². The summed E-state index contributed by atoms with van der Waals surface area (Å²) in [5.41, 5.74) is 0.490. The molecule has 1 saturated carbocycles. The number of hydrogen-bond acceptors (Lipinski definition) is 6. The summed E-state index contributed by atoms with van der Waals surface area (Å²) in [4.78, 5) is 23.8. The number of amides is 1. The molecule has 1 aliphatic rings. The molecule has 9 heteroatoms. The maximum absolute atomic E-state index is 12.9. The van der Waals surface area contributed by atoms with Crippen LogP contribution in [0.15, 0.2) is 53.4 Å². The molecule has 0 radical (unpaired) electrons. The first-order valence-electron chi connectivity index (χ1n) is 9.01. The smallest absolute Gasteiger partial charge is 0.338 e. The molecule has 1 N–H and O–H groups in total. The third-order valence-electron chi connectivity index (χ3n) is 4.44. The van der Waals surface area contributed by atoms with E-state index in [1.807, 2.05) is 0 Å². The minimum absolute atomic E-state index is 0.0495. The highest BCUT2D eigenvalue weighted by atomic mass is 32.2. The predicted molar refractivity (Wildman–Crippen MR) is 106 cm³/mol. The number of nitrogens with one attached hydrogen (secondary N) is 1. The minimum Gasteiger partial charge on any atom is -0.497 e. The van der Waals surface area contributed by atoms with Gasteiger partial charge < -0.3 is 14.8 Å². The Labute approximate surface area is 169 Å². The topological polar surface area (TPSA) is 102 Å². The first-order chi connectivity index (χ1) is 13.8. The lowest BCUT2D eigenvalue weighted by Gasteiger charge is -2.20. The summed E-state index contributed by atoms with van der Waals surface area (Å²) in [6.07, 6.45) is 1.86. The molecule has 8 nitrogen and oxygen atoms in total. The van der Waals surface area contributed by atoms with Gasteiger partial charge in [0.2, 0.25) is 0 Å². The summed E-state index contributed by atoms with van der Waals surface area (Å²) in [5, 5.41) is 2.71. The lowest BCUT2D eigenvalue weighted by molar-refractivity contribution is -0.124. The summed E-state index contributed by atoms with van der Waals surface area (Å²) in [7, 11) is -0.957. The Morgan fingerprint density at radius 3 is 2.45 bits per heavy atom. The number of rotatable bonds is 8. The average molecular weight is 418 g/mol. The number of esters is 1. The Balaban J connectivity index is 1.72. The zero-order valence-electron chi connectivity index (χ0n) is 16.1. The highest BCUT2D eigenvalue weighted by Gasteiger charge is 2.25. The van der Waals surface area contributed by atoms with Gasteiger partial charge in [-0.05, 0) is 55.3 Å². The van der Waals surface area contributed by atoms with Crippen LogP contribution in [0, 0.1) is 0 Å². The second-order valence-electron chi connectivity index (χ2n) is 6.62. The van der Waals surface area contributed by atoms with Gasteiger partial charge >= 0.3 is 5.97 Å². The van der Waals surface area contributed by atoms with Crippen LogP contribution in [0.3, 0.4) is 0 Å². The predicted octanol–water partition coefficient (Wildman–Crippen LogP) is 1.96. The number of anilines is 1. The van der Waals surface area contributed by atoms with Crippen LogP contribution in [0.1, 0.15) is 23.2 Å². The summed E-state index contributed by atoms with van der Waals surface area (Å²) in [6.45, 7) is -0.405. The van der Waals surface area contributed by atoms with Crippen LogP contribution >= 0.6 is 0 Å². The maximum atomic E-state index is 12.9. The minimum atomic E-state index is -3.90. The number of sulfonamides is 1. The SMILES string of the molecule is COc1ccc(N(C)S(=O)(=O)c2cccc(C(=O)OCC(=O)NC3CC3)c2)cc1. The molecule has 0 bridgehead atoms. The molecule has 3 rings (SSSR count). The molecule has 29 heavy (non-hydrogen) atoms. The van der Waals surface area contributed by atoms with Crippen molar-refractivity contribution in [2.45, 2.75) is 23.8 Å². The highest BCUT2D eigenvalue weighted by molar-refractivity contribution is 7.92. The van der Waals surface area contributed by atoms with E-state index in [0.29, 0.717) is 11.4 Å². The molecule has 0 heterocycles. The number of nitrogens with zero attached hydrogens (tertiary/aromatic N) is 1. The van der Waals surface area contributed by atoms with E-state index < -0.39 is 22.6 Å². The zero-order chi connectivity index (χ0) is 21.0. The van der Waals surface area contributed by atoms with Gasteiger partial charge in [-0.25, -0.2) is 13.2 Å². The molecule has 1 fully saturated rings. The van der Waals surface area contributed by atoms with Crippen LogP contribution < -0.4 is 14.4 Å². The van der Waals surface area contributed by atoms with Crippen LogP contribution in [0.4, 0.5) is 5.69 Å². The van der Waals surface area contributed by atoms with Crippen molar-refractivity contribution in [2.75, 3.05) is 25.1 Å². The molecule has 2 aromatic rings. The van der Waals surface area contributed by atoms with Gasteiger partial charge in [-0.3, -0.25) is 9.10 Å². The van der Waals surface area contributed by atoms with E-state index >= 15 is 0 Å². The van der Waals surface area contributed by atoms with Crippen molar-refractivity contribution < 1.29 is 27.5 Å². The molecular formula is C20H22N2O6S. The van der Waals surface area contributed by atoms with Crippen molar-refractivity contribution in [1.82, 2.24) is 5.32 Å². The number of hydrogen-bond donors (Lipinski definition) is 1. The molecule has 0 atom stereocenters. The Hall–Kier alpha value is -3.07. The van der Waals surface area contributed by atoms with Gasteiger partial charge in [0.05, 0.1) is 23.3 Å². The fourth-order valence-electron chi connectivity index (χ4n) is 2.58. The van der Waals surface area contributed by atoms with Crippen molar-refractivity contribution in [3.05, 3.63) is 54.1 Å². The van der Waals surface area contributed by atoms with Crippen LogP contribution in [-0.2, 0) is 19.6 Å². The fourth-order valence-corrected chi connectivity index (χ4v) is 3.83. The van der Waals surface area contributed by atoms with E-state index in [1.165, 1.54) is 38.4 Å². The summed E-state index contributed by atoms with van der Waals surface area (Å²) >= 11 is 0. The average Bonchev–Trinajstić information content (AvgIpc) is 3.55. The molecule has 2 aromatic carbocycles. The zero-order valence-corrected chi connectivity index (χ0v) is 16.9. The Kier molecular flexibility index (Phi) is 6.07. The monoisotopic (exact) mass is 418 g/mol. The van der Waals surface area contributed by atoms with Gasteiger partial charge in [0.25, 0.3) is 15.9 Å². The van der Waals surface area contributed by atoms with E-state index in [-0.39, 0.29) is 22.4 Å². The van der Waals surface area contributed by atoms with Crippen LogP contribution in [-0.4, -0.2) is 47.1 Å².